The van der Waals surface area contributed by atoms with Crippen LogP contribution >= 0.6 is 27.5 Å². The molecule has 1 atom stereocenters. The van der Waals surface area contributed by atoms with Crippen molar-refractivity contribution in [2.75, 3.05) is 7.11 Å². The van der Waals surface area contributed by atoms with Gasteiger partial charge in [-0.1, -0.05) is 27.5 Å². The van der Waals surface area contributed by atoms with Gasteiger partial charge in [-0.2, -0.15) is 0 Å². The Balaban J connectivity index is 2.85. The molecule has 0 unspecified atom stereocenters. The van der Waals surface area contributed by atoms with Gasteiger partial charge in [0, 0.05) is 15.5 Å². The van der Waals surface area contributed by atoms with Gasteiger partial charge >= 0.3 is 5.97 Å². The van der Waals surface area contributed by atoms with Crippen molar-refractivity contribution in [1.29, 1.82) is 0 Å². The zero-order chi connectivity index (χ0) is 11.4. The zero-order valence-electron chi connectivity index (χ0n) is 8.17. The maximum atomic E-state index is 11.0. The summed E-state index contributed by atoms with van der Waals surface area (Å²) in [4.78, 5) is 11.0. The van der Waals surface area contributed by atoms with Crippen LogP contribution in [0.2, 0.25) is 5.02 Å². The Labute approximate surface area is 102 Å². The number of carbonyl (C=O) groups excluding carboxylic acids is 1. The molecule has 0 aliphatic heterocycles. The average Bonchev–Trinajstić information content (AvgIpc) is 2.21. The van der Waals surface area contributed by atoms with Crippen molar-refractivity contribution < 1.29 is 9.53 Å². The quantitative estimate of drug-likeness (QED) is 0.871. The lowest BCUT2D eigenvalue weighted by molar-refractivity contribution is -0.141. The highest BCUT2D eigenvalue weighted by molar-refractivity contribution is 9.10. The van der Waals surface area contributed by atoms with Gasteiger partial charge in [0.15, 0.2) is 0 Å². The molecule has 0 radical (unpaired) electrons. The molecule has 0 aliphatic carbocycles. The van der Waals surface area contributed by atoms with Crippen LogP contribution in [0.25, 0.3) is 0 Å². The predicted molar refractivity (Wildman–Crippen MR) is 62.7 cm³/mol. The Hall–Kier alpha value is -0.580. The van der Waals surface area contributed by atoms with Gasteiger partial charge < -0.3 is 10.5 Å². The van der Waals surface area contributed by atoms with E-state index in [9.17, 15) is 4.79 Å². The minimum absolute atomic E-state index is 0.134. The molecule has 0 bridgehead atoms. The molecular formula is C10H11BrClNO2. The van der Waals surface area contributed by atoms with Crippen LogP contribution in [-0.2, 0) is 9.53 Å². The first-order chi connectivity index (χ1) is 7.04. The number of carbonyl (C=O) groups is 1. The van der Waals surface area contributed by atoms with Gasteiger partial charge in [0.1, 0.15) is 0 Å². The third-order valence-corrected chi connectivity index (χ3v) is 2.93. The largest absolute Gasteiger partial charge is 0.469 e. The number of hydrogen-bond acceptors (Lipinski definition) is 3. The standard InChI is InChI=1S/C10H11BrClNO2/c1-15-10(14)5-9(13)7-4-6(12)2-3-8(7)11/h2-4,9H,5,13H2,1H3/t9-/m1/s1. The van der Waals surface area contributed by atoms with Crippen LogP contribution in [0, 0.1) is 0 Å². The van der Waals surface area contributed by atoms with Crippen molar-refractivity contribution in [1.82, 2.24) is 0 Å². The summed E-state index contributed by atoms with van der Waals surface area (Å²) in [6, 6.07) is 4.87. The average molecular weight is 293 g/mol. The fourth-order valence-corrected chi connectivity index (χ4v) is 1.89. The van der Waals surface area contributed by atoms with Gasteiger partial charge in [-0.3, -0.25) is 4.79 Å². The lowest BCUT2D eigenvalue weighted by Gasteiger charge is -2.12. The van der Waals surface area contributed by atoms with Gasteiger partial charge in [0.25, 0.3) is 0 Å². The second-order valence-corrected chi connectivity index (χ2v) is 4.34. The molecule has 15 heavy (non-hydrogen) atoms. The number of halogens is 2. The van der Waals surface area contributed by atoms with Crippen LogP contribution in [0.3, 0.4) is 0 Å². The maximum absolute atomic E-state index is 11.0. The number of hydrogen-bond donors (Lipinski definition) is 1. The highest BCUT2D eigenvalue weighted by Gasteiger charge is 2.14. The Morgan fingerprint density at radius 3 is 2.93 bits per heavy atom. The number of benzene rings is 1. The molecule has 0 fully saturated rings. The second-order valence-electron chi connectivity index (χ2n) is 3.05. The van der Waals surface area contributed by atoms with Crippen molar-refractivity contribution in [3.8, 4) is 0 Å². The summed E-state index contributed by atoms with van der Waals surface area (Å²) in [6.45, 7) is 0. The van der Waals surface area contributed by atoms with E-state index in [-0.39, 0.29) is 12.4 Å². The van der Waals surface area contributed by atoms with E-state index in [1.54, 1.807) is 18.2 Å². The molecule has 5 heteroatoms. The molecule has 1 rings (SSSR count). The molecular weight excluding hydrogens is 281 g/mol. The van der Waals surface area contributed by atoms with Gasteiger partial charge in [-0.15, -0.1) is 0 Å². The summed E-state index contributed by atoms with van der Waals surface area (Å²) in [6.07, 6.45) is 0.134. The lowest BCUT2D eigenvalue weighted by atomic mass is 10.1. The third kappa shape index (κ3) is 3.48. The molecule has 3 nitrogen and oxygen atoms in total. The number of nitrogens with two attached hydrogens (primary N) is 1. The minimum atomic E-state index is -0.412. The van der Waals surface area contributed by atoms with Crippen molar-refractivity contribution in [3.05, 3.63) is 33.3 Å². The van der Waals surface area contributed by atoms with Crippen molar-refractivity contribution in [2.24, 2.45) is 5.73 Å². The lowest BCUT2D eigenvalue weighted by Crippen LogP contribution is -2.16. The Kier molecular flexibility index (Phi) is 4.57. The summed E-state index contributed by atoms with van der Waals surface area (Å²) < 4.78 is 5.38. The van der Waals surface area contributed by atoms with Crippen molar-refractivity contribution in [3.63, 3.8) is 0 Å². The van der Waals surface area contributed by atoms with E-state index in [1.807, 2.05) is 0 Å². The van der Waals surface area contributed by atoms with Crippen LogP contribution in [0.4, 0.5) is 0 Å². The van der Waals surface area contributed by atoms with Crippen LogP contribution in [0.1, 0.15) is 18.0 Å². The van der Waals surface area contributed by atoms with Gasteiger partial charge in [-0.05, 0) is 23.8 Å². The van der Waals surface area contributed by atoms with Crippen LogP contribution in [0.5, 0.6) is 0 Å². The van der Waals surface area contributed by atoms with E-state index in [1.165, 1.54) is 7.11 Å². The van der Waals surface area contributed by atoms with Crippen LogP contribution < -0.4 is 5.73 Å². The Bertz CT molecular complexity index is 370. The molecule has 0 aliphatic rings. The molecule has 1 aromatic rings. The smallest absolute Gasteiger partial charge is 0.307 e. The Morgan fingerprint density at radius 1 is 1.67 bits per heavy atom. The van der Waals surface area contributed by atoms with Gasteiger partial charge in [-0.25, -0.2) is 0 Å². The van der Waals surface area contributed by atoms with Crippen molar-refractivity contribution in [2.45, 2.75) is 12.5 Å². The van der Waals surface area contributed by atoms with E-state index in [2.05, 4.69) is 20.7 Å². The van der Waals surface area contributed by atoms with E-state index in [4.69, 9.17) is 17.3 Å². The normalized spacial score (nSPS) is 12.3. The monoisotopic (exact) mass is 291 g/mol. The molecule has 0 saturated carbocycles. The first-order valence-corrected chi connectivity index (χ1v) is 5.49. The highest BCUT2D eigenvalue weighted by atomic mass is 79.9. The molecule has 0 saturated heterocycles. The number of ether oxygens (including phenoxy) is 1. The summed E-state index contributed by atoms with van der Waals surface area (Å²) >= 11 is 9.19. The molecule has 0 spiro atoms. The SMILES string of the molecule is COC(=O)C[C@@H](N)c1cc(Cl)ccc1Br. The van der Waals surface area contributed by atoms with Crippen molar-refractivity contribution >= 4 is 33.5 Å². The summed E-state index contributed by atoms with van der Waals surface area (Å²) in [5.41, 5.74) is 6.65. The van der Waals surface area contributed by atoms with E-state index < -0.39 is 6.04 Å². The third-order valence-electron chi connectivity index (χ3n) is 1.97. The van der Waals surface area contributed by atoms with E-state index >= 15 is 0 Å². The summed E-state index contributed by atoms with van der Waals surface area (Å²) in [5.74, 6) is -0.339. The molecule has 0 amide bonds. The topological polar surface area (TPSA) is 52.3 Å². The fourth-order valence-electron chi connectivity index (χ4n) is 1.17. The number of esters is 1. The maximum Gasteiger partial charge on any atom is 0.307 e. The number of methoxy groups -OCH3 is 1. The van der Waals surface area contributed by atoms with Gasteiger partial charge in [0.2, 0.25) is 0 Å². The highest BCUT2D eigenvalue weighted by Crippen LogP contribution is 2.27. The minimum Gasteiger partial charge on any atom is -0.469 e. The fraction of sp³-hybridized carbons (Fsp3) is 0.300. The molecule has 2 N–H and O–H groups in total. The molecule has 82 valence electrons. The molecule has 0 heterocycles. The first-order valence-electron chi connectivity index (χ1n) is 4.32. The van der Waals surface area contributed by atoms with E-state index in [0.717, 1.165) is 10.0 Å². The van der Waals surface area contributed by atoms with Crippen LogP contribution in [-0.4, -0.2) is 13.1 Å². The zero-order valence-corrected chi connectivity index (χ0v) is 10.5. The second kappa shape index (κ2) is 5.49. The number of rotatable bonds is 3. The summed E-state index contributed by atoms with van der Waals surface area (Å²) in [7, 11) is 1.34. The summed E-state index contributed by atoms with van der Waals surface area (Å²) in [5, 5.41) is 0.591. The first kappa shape index (κ1) is 12.5. The van der Waals surface area contributed by atoms with E-state index in [0.29, 0.717) is 5.02 Å². The molecule has 1 aromatic carbocycles. The Morgan fingerprint density at radius 2 is 2.33 bits per heavy atom. The molecule has 0 aromatic heterocycles. The predicted octanol–water partition coefficient (Wildman–Crippen LogP) is 2.67. The van der Waals surface area contributed by atoms with Crippen LogP contribution in [0.15, 0.2) is 22.7 Å². The van der Waals surface area contributed by atoms with Gasteiger partial charge in [0.05, 0.1) is 13.5 Å².